The summed E-state index contributed by atoms with van der Waals surface area (Å²) in [5.74, 6) is -1.88. The second kappa shape index (κ2) is 12.9. The van der Waals surface area contributed by atoms with Crippen molar-refractivity contribution in [2.24, 2.45) is 11.8 Å². The molecule has 0 aliphatic carbocycles. The quantitative estimate of drug-likeness (QED) is 0.274. The van der Waals surface area contributed by atoms with Gasteiger partial charge in [0.05, 0.1) is 17.9 Å². The topological polar surface area (TPSA) is 90.4 Å². The Morgan fingerprint density at radius 1 is 1.10 bits per heavy atom. The molecule has 1 aromatic carbocycles. The zero-order chi connectivity index (χ0) is 28.0. The van der Waals surface area contributed by atoms with Gasteiger partial charge in [0.1, 0.15) is 11.6 Å². The van der Waals surface area contributed by atoms with Gasteiger partial charge in [0.2, 0.25) is 17.7 Å². The number of hydrogen-bond acceptors (Lipinski definition) is 5. The molecule has 39 heavy (non-hydrogen) atoms. The lowest BCUT2D eigenvalue weighted by molar-refractivity contribution is -0.149. The summed E-state index contributed by atoms with van der Waals surface area (Å²) in [5, 5.41) is 9.57. The van der Waals surface area contributed by atoms with E-state index in [1.807, 2.05) is 30.3 Å². The molecule has 1 aromatic rings. The van der Waals surface area contributed by atoms with Gasteiger partial charge in [0.25, 0.3) is 0 Å². The van der Waals surface area contributed by atoms with Gasteiger partial charge in [-0.25, -0.2) is 0 Å². The molecule has 3 heterocycles. The number of nitrogens with zero attached hydrogens (tertiary/aromatic N) is 3. The number of aliphatic hydroxyl groups is 1. The van der Waals surface area contributed by atoms with Crippen LogP contribution in [0.4, 0.5) is 0 Å². The summed E-state index contributed by atoms with van der Waals surface area (Å²) in [4.78, 5) is 47.4. The van der Waals surface area contributed by atoms with Crippen molar-refractivity contribution >= 4 is 17.7 Å². The normalized spacial score (nSPS) is 26.9. The second-order valence-electron chi connectivity index (χ2n) is 10.9. The lowest BCUT2D eigenvalue weighted by Gasteiger charge is -2.37. The fourth-order valence-corrected chi connectivity index (χ4v) is 6.77. The summed E-state index contributed by atoms with van der Waals surface area (Å²) in [6.07, 6.45) is 7.45. The molecule has 3 aliphatic rings. The Labute approximate surface area is 232 Å². The van der Waals surface area contributed by atoms with Gasteiger partial charge in [-0.15, -0.1) is 13.2 Å². The van der Waals surface area contributed by atoms with E-state index in [9.17, 15) is 19.5 Å². The van der Waals surface area contributed by atoms with E-state index in [0.29, 0.717) is 45.4 Å². The minimum absolute atomic E-state index is 0.0920. The fourth-order valence-electron chi connectivity index (χ4n) is 6.77. The molecule has 3 amide bonds. The van der Waals surface area contributed by atoms with Gasteiger partial charge < -0.3 is 24.5 Å². The van der Waals surface area contributed by atoms with Crippen LogP contribution in [-0.4, -0.2) is 88.1 Å². The fraction of sp³-hybridized carbons (Fsp3) is 0.581. The molecule has 8 heteroatoms. The van der Waals surface area contributed by atoms with Crippen LogP contribution in [0.1, 0.15) is 51.0 Å². The third-order valence-corrected chi connectivity index (χ3v) is 8.45. The Balaban J connectivity index is 1.66. The maximum Gasteiger partial charge on any atom is 0.248 e. The minimum Gasteiger partial charge on any atom is -0.396 e. The molecule has 4 rings (SSSR count). The highest BCUT2D eigenvalue weighted by molar-refractivity contribution is 5.99. The summed E-state index contributed by atoms with van der Waals surface area (Å²) >= 11 is 0. The third-order valence-electron chi connectivity index (χ3n) is 8.45. The van der Waals surface area contributed by atoms with Crippen molar-refractivity contribution in [2.75, 3.05) is 32.8 Å². The number of aliphatic hydroxyl groups excluding tert-OH is 1. The van der Waals surface area contributed by atoms with Crippen LogP contribution in [0.25, 0.3) is 0 Å². The van der Waals surface area contributed by atoms with Crippen molar-refractivity contribution in [1.82, 2.24) is 14.7 Å². The predicted octanol–water partition coefficient (Wildman–Crippen LogP) is 3.16. The van der Waals surface area contributed by atoms with Crippen LogP contribution in [0, 0.1) is 11.8 Å². The Morgan fingerprint density at radius 3 is 2.49 bits per heavy atom. The van der Waals surface area contributed by atoms with Crippen molar-refractivity contribution in [1.29, 1.82) is 0 Å². The summed E-state index contributed by atoms with van der Waals surface area (Å²) in [6.45, 7) is 11.7. The summed E-state index contributed by atoms with van der Waals surface area (Å²) in [6, 6.07) is 8.94. The van der Waals surface area contributed by atoms with E-state index in [4.69, 9.17) is 4.74 Å². The molecule has 2 bridgehead atoms. The van der Waals surface area contributed by atoms with Crippen LogP contribution in [0.3, 0.4) is 0 Å². The second-order valence-corrected chi connectivity index (χ2v) is 10.9. The number of unbranched alkanes of at least 4 members (excludes halogenated alkanes) is 2. The summed E-state index contributed by atoms with van der Waals surface area (Å²) in [7, 11) is 0. The number of fused-ring (bicyclic) bond motifs is 1. The minimum atomic E-state index is -1.04. The molecular formula is C31H43N3O5. The number of likely N-dealkylation sites (tertiary alicyclic amines) is 1. The molecule has 3 saturated heterocycles. The first-order valence-electron chi connectivity index (χ1n) is 14.4. The number of amides is 3. The third kappa shape index (κ3) is 5.54. The predicted molar refractivity (Wildman–Crippen MR) is 149 cm³/mol. The van der Waals surface area contributed by atoms with Gasteiger partial charge in [-0.3, -0.25) is 14.4 Å². The molecular weight excluding hydrogens is 494 g/mol. The van der Waals surface area contributed by atoms with Crippen LogP contribution in [0.2, 0.25) is 0 Å². The molecule has 0 saturated carbocycles. The number of ether oxygens (including phenoxy) is 1. The smallest absolute Gasteiger partial charge is 0.248 e. The van der Waals surface area contributed by atoms with Crippen LogP contribution in [0.15, 0.2) is 55.6 Å². The Bertz CT molecular complexity index is 1050. The average Bonchev–Trinajstić information content (AvgIpc) is 3.58. The molecule has 3 aliphatic heterocycles. The van der Waals surface area contributed by atoms with E-state index in [1.54, 1.807) is 26.9 Å². The van der Waals surface area contributed by atoms with Crippen LogP contribution in [0.5, 0.6) is 0 Å². The first-order chi connectivity index (χ1) is 18.9. The van der Waals surface area contributed by atoms with Crippen LogP contribution < -0.4 is 0 Å². The largest absolute Gasteiger partial charge is 0.396 e. The molecule has 212 valence electrons. The highest BCUT2D eigenvalue weighted by atomic mass is 16.5. The number of carbonyl (C=O) groups is 3. The monoisotopic (exact) mass is 537 g/mol. The lowest BCUT2D eigenvalue weighted by Crippen LogP contribution is -2.56. The van der Waals surface area contributed by atoms with Gasteiger partial charge >= 0.3 is 0 Å². The number of carbonyl (C=O) groups excluding carboxylic acids is 3. The van der Waals surface area contributed by atoms with E-state index in [-0.39, 0.29) is 30.9 Å². The first kappa shape index (κ1) is 29.0. The van der Waals surface area contributed by atoms with Gasteiger partial charge in [-0.2, -0.15) is 0 Å². The standard InChI is InChI=1S/C31H43N3O5/c1-4-7-11-19-32(17-5-2)30(38)27-31-16-15-24(39-31)25(26(31)29(37)34(27)20-12-21-35)28(36)33(18-6-3)22-23-13-9-8-10-14-23/h5-6,8-10,13-14,24-27,35H,2-4,7,11-12,15-22H2,1H3/t24-,25+,26+,27?,31?/m1/s1. The number of rotatable bonds is 15. The van der Waals surface area contributed by atoms with Gasteiger partial charge in [0, 0.05) is 39.3 Å². The molecule has 1 spiro atoms. The number of hydrogen-bond donors (Lipinski definition) is 1. The Morgan fingerprint density at radius 2 is 1.82 bits per heavy atom. The van der Waals surface area contributed by atoms with E-state index >= 15 is 0 Å². The average molecular weight is 538 g/mol. The van der Waals surface area contributed by atoms with Gasteiger partial charge in [0.15, 0.2) is 0 Å². The van der Waals surface area contributed by atoms with Crippen LogP contribution in [-0.2, 0) is 25.7 Å². The van der Waals surface area contributed by atoms with Crippen LogP contribution >= 0.6 is 0 Å². The first-order valence-corrected chi connectivity index (χ1v) is 14.4. The van der Waals surface area contributed by atoms with Crippen molar-refractivity contribution < 1.29 is 24.2 Å². The Hall–Kier alpha value is -2.97. The highest BCUT2D eigenvalue weighted by Gasteiger charge is 2.74. The SMILES string of the molecule is C=CCN(CCCCC)C(=O)C1N(CCCO)C(=O)[C@@H]2[C@@H](C(=O)N(CC=C)Cc3ccccc3)[C@H]3CCC12O3. The molecule has 0 radical (unpaired) electrons. The van der Waals surface area contributed by atoms with Crippen molar-refractivity contribution in [3.63, 3.8) is 0 Å². The van der Waals surface area contributed by atoms with E-state index in [0.717, 1.165) is 24.8 Å². The molecule has 8 nitrogen and oxygen atoms in total. The summed E-state index contributed by atoms with van der Waals surface area (Å²) in [5.41, 5.74) is -0.0419. The molecule has 5 atom stereocenters. The van der Waals surface area contributed by atoms with Gasteiger partial charge in [-0.05, 0) is 31.2 Å². The molecule has 3 fully saturated rings. The van der Waals surface area contributed by atoms with Crippen molar-refractivity contribution in [3.05, 3.63) is 61.2 Å². The van der Waals surface area contributed by atoms with Crippen molar-refractivity contribution in [2.45, 2.75) is 69.7 Å². The van der Waals surface area contributed by atoms with Crippen molar-refractivity contribution in [3.8, 4) is 0 Å². The molecule has 2 unspecified atom stereocenters. The van der Waals surface area contributed by atoms with E-state index in [1.165, 1.54) is 0 Å². The van der Waals surface area contributed by atoms with E-state index < -0.39 is 29.6 Å². The molecule has 0 aromatic heterocycles. The number of benzene rings is 1. The zero-order valence-electron chi connectivity index (χ0n) is 23.2. The lowest BCUT2D eigenvalue weighted by atomic mass is 9.70. The Kier molecular flexibility index (Phi) is 9.62. The zero-order valence-corrected chi connectivity index (χ0v) is 23.2. The molecule has 1 N–H and O–H groups in total. The summed E-state index contributed by atoms with van der Waals surface area (Å²) < 4.78 is 6.59. The van der Waals surface area contributed by atoms with Gasteiger partial charge in [-0.1, -0.05) is 62.2 Å². The van der Waals surface area contributed by atoms with E-state index in [2.05, 4.69) is 20.1 Å². The maximum absolute atomic E-state index is 14.2. The maximum atomic E-state index is 14.2. The highest BCUT2D eigenvalue weighted by Crippen LogP contribution is 2.59.